The van der Waals surface area contributed by atoms with Gasteiger partial charge in [-0.05, 0) is 42.2 Å². The predicted molar refractivity (Wildman–Crippen MR) is 112 cm³/mol. The summed E-state index contributed by atoms with van der Waals surface area (Å²) in [7, 11) is -3.42. The van der Waals surface area contributed by atoms with Crippen molar-refractivity contribution in [3.05, 3.63) is 59.7 Å². The lowest BCUT2D eigenvalue weighted by molar-refractivity contribution is 0.0173. The van der Waals surface area contributed by atoms with Gasteiger partial charge in [0, 0.05) is 31.5 Å². The minimum absolute atomic E-state index is 0.0542. The summed E-state index contributed by atoms with van der Waals surface area (Å²) in [6.45, 7) is 4.29. The minimum atomic E-state index is -3.42. The molecule has 30 heavy (non-hydrogen) atoms. The minimum Gasteiger partial charge on any atom is -0.457 e. The zero-order valence-corrected chi connectivity index (χ0v) is 17.7. The Morgan fingerprint density at radius 1 is 1.13 bits per heavy atom. The number of benzene rings is 2. The van der Waals surface area contributed by atoms with Crippen LogP contribution in [-0.4, -0.2) is 38.0 Å². The molecule has 2 aromatic carbocycles. The molecule has 2 aromatic rings. The lowest BCUT2D eigenvalue weighted by atomic mass is 9.84. The van der Waals surface area contributed by atoms with Crippen molar-refractivity contribution in [2.75, 3.05) is 18.8 Å². The summed E-state index contributed by atoms with van der Waals surface area (Å²) in [5, 5.41) is 0. The molecule has 0 radical (unpaired) electrons. The molecule has 5 nitrogen and oxygen atoms in total. The number of halogens is 2. The maximum atomic E-state index is 13.5. The van der Waals surface area contributed by atoms with Gasteiger partial charge in [0.2, 0.25) is 0 Å². The van der Waals surface area contributed by atoms with Crippen molar-refractivity contribution in [3.63, 3.8) is 0 Å². The second-order valence-corrected chi connectivity index (χ2v) is 9.92. The van der Waals surface area contributed by atoms with Crippen molar-refractivity contribution in [1.29, 1.82) is 0 Å². The summed E-state index contributed by atoms with van der Waals surface area (Å²) in [6, 6.07) is 13.2. The van der Waals surface area contributed by atoms with Crippen LogP contribution in [-0.2, 0) is 15.9 Å². The Morgan fingerprint density at radius 2 is 1.87 bits per heavy atom. The molecule has 8 heteroatoms. The van der Waals surface area contributed by atoms with Crippen molar-refractivity contribution in [2.45, 2.75) is 32.1 Å². The highest BCUT2D eigenvalue weighted by atomic mass is 32.2. The summed E-state index contributed by atoms with van der Waals surface area (Å²) in [6.07, 6.45) is 0.818. The number of sulfonamides is 1. The van der Waals surface area contributed by atoms with Gasteiger partial charge < -0.3 is 9.64 Å². The molecule has 2 aliphatic heterocycles. The third-order valence-corrected chi connectivity index (χ3v) is 6.68. The number of hydrogen-bond acceptors (Lipinski definition) is 4. The predicted octanol–water partition coefficient (Wildman–Crippen LogP) is 4.76. The molecule has 4 rings (SSSR count). The quantitative estimate of drug-likeness (QED) is 0.696. The molecule has 0 aromatic heterocycles. The zero-order valence-electron chi connectivity index (χ0n) is 16.9. The largest absolute Gasteiger partial charge is 0.457 e. The fraction of sp³-hybridized carbons (Fsp3) is 0.409. The highest BCUT2D eigenvalue weighted by molar-refractivity contribution is 7.90. The van der Waals surface area contributed by atoms with Crippen LogP contribution in [0.4, 0.5) is 8.78 Å². The lowest BCUT2D eigenvalue weighted by Gasteiger charge is -2.40. The van der Waals surface area contributed by atoms with Gasteiger partial charge >= 0.3 is 0 Å². The summed E-state index contributed by atoms with van der Waals surface area (Å²) < 4.78 is 61.0. The van der Waals surface area contributed by atoms with E-state index in [1.54, 1.807) is 18.2 Å². The maximum absolute atomic E-state index is 13.5. The Hall–Kier alpha value is -2.48. The summed E-state index contributed by atoms with van der Waals surface area (Å²) >= 11 is 0. The molecule has 0 spiro atoms. The standard InChI is InChI=1S/C22H24F2N2O3S/c1-15-12-20(21-25-30(27,28)11-10-26(21)14-15)16-6-8-18(9-7-16)29-19-5-3-4-17(13-19)22(2,23)24/h3-9,13,15,20H,10-12,14H2,1-2H3. The van der Waals surface area contributed by atoms with Crippen LogP contribution < -0.4 is 4.74 Å². The summed E-state index contributed by atoms with van der Waals surface area (Å²) in [5.74, 6) is -1.09. The van der Waals surface area contributed by atoms with Crippen LogP contribution in [0.1, 0.15) is 37.3 Å². The number of alkyl halides is 2. The first-order valence-corrected chi connectivity index (χ1v) is 11.6. The van der Waals surface area contributed by atoms with Gasteiger partial charge in [0.25, 0.3) is 15.9 Å². The average molecular weight is 435 g/mol. The zero-order chi connectivity index (χ0) is 21.5. The number of hydrogen-bond donors (Lipinski definition) is 0. The summed E-state index contributed by atoms with van der Waals surface area (Å²) in [5.41, 5.74) is 0.855. The van der Waals surface area contributed by atoms with E-state index >= 15 is 0 Å². The van der Waals surface area contributed by atoms with E-state index in [4.69, 9.17) is 4.74 Å². The van der Waals surface area contributed by atoms with E-state index in [-0.39, 0.29) is 17.2 Å². The van der Waals surface area contributed by atoms with Gasteiger partial charge in [0.1, 0.15) is 17.3 Å². The average Bonchev–Trinajstić information content (AvgIpc) is 2.68. The molecule has 2 unspecified atom stereocenters. The molecule has 2 aliphatic rings. The number of nitrogens with zero attached hydrogens (tertiary/aromatic N) is 2. The van der Waals surface area contributed by atoms with Crippen molar-refractivity contribution in [3.8, 4) is 11.5 Å². The van der Waals surface area contributed by atoms with Crippen molar-refractivity contribution >= 4 is 15.9 Å². The van der Waals surface area contributed by atoms with E-state index in [2.05, 4.69) is 16.2 Å². The molecule has 0 bridgehead atoms. The Bertz CT molecular complexity index is 1060. The number of amidine groups is 1. The molecule has 0 N–H and O–H groups in total. The molecule has 160 valence electrons. The first-order chi connectivity index (χ1) is 14.1. The second kappa shape index (κ2) is 7.65. The van der Waals surface area contributed by atoms with E-state index in [9.17, 15) is 17.2 Å². The smallest absolute Gasteiger partial charge is 0.270 e. The molecule has 1 saturated heterocycles. The van der Waals surface area contributed by atoms with Gasteiger partial charge in [-0.1, -0.05) is 31.2 Å². The number of ether oxygens (including phenoxy) is 1. The first kappa shape index (κ1) is 20.8. The van der Waals surface area contributed by atoms with Gasteiger partial charge in [0.15, 0.2) is 0 Å². The van der Waals surface area contributed by atoms with Crippen molar-refractivity contribution in [2.24, 2.45) is 10.3 Å². The number of piperidine rings is 1. The molecule has 0 saturated carbocycles. The Balaban J connectivity index is 1.57. The second-order valence-electron chi connectivity index (χ2n) is 8.16. The Labute approximate surface area is 175 Å². The van der Waals surface area contributed by atoms with E-state index < -0.39 is 15.9 Å². The van der Waals surface area contributed by atoms with E-state index in [0.717, 1.165) is 25.5 Å². The number of rotatable bonds is 4. The Kier molecular flexibility index (Phi) is 5.30. The Morgan fingerprint density at radius 3 is 2.57 bits per heavy atom. The monoisotopic (exact) mass is 434 g/mol. The van der Waals surface area contributed by atoms with Crippen LogP contribution in [0.5, 0.6) is 11.5 Å². The fourth-order valence-corrected chi connectivity index (χ4v) is 5.11. The van der Waals surface area contributed by atoms with Gasteiger partial charge in [-0.15, -0.1) is 4.40 Å². The summed E-state index contributed by atoms with van der Waals surface area (Å²) in [4.78, 5) is 2.07. The SMILES string of the molecule is CC1CC(c2ccc(Oc3cccc(C(C)(F)F)c3)cc2)C2=NS(=O)(=O)CCN2C1. The highest BCUT2D eigenvalue weighted by Crippen LogP contribution is 2.36. The van der Waals surface area contributed by atoms with Crippen LogP contribution in [0.15, 0.2) is 52.9 Å². The maximum Gasteiger partial charge on any atom is 0.270 e. The van der Waals surface area contributed by atoms with Crippen molar-refractivity contribution in [1.82, 2.24) is 4.90 Å². The van der Waals surface area contributed by atoms with Crippen LogP contribution in [0.2, 0.25) is 0 Å². The van der Waals surface area contributed by atoms with Crippen LogP contribution in [0.25, 0.3) is 0 Å². The third kappa shape index (κ3) is 4.48. The van der Waals surface area contributed by atoms with Crippen LogP contribution in [0, 0.1) is 5.92 Å². The van der Waals surface area contributed by atoms with Crippen molar-refractivity contribution < 1.29 is 21.9 Å². The molecule has 2 heterocycles. The van der Waals surface area contributed by atoms with E-state index in [1.165, 1.54) is 18.2 Å². The molecule has 0 aliphatic carbocycles. The van der Waals surface area contributed by atoms with Crippen LogP contribution >= 0.6 is 0 Å². The lowest BCUT2D eigenvalue weighted by Crippen LogP contribution is -2.48. The van der Waals surface area contributed by atoms with Gasteiger partial charge in [-0.3, -0.25) is 0 Å². The van der Waals surface area contributed by atoms with E-state index in [0.29, 0.717) is 29.8 Å². The fourth-order valence-electron chi connectivity index (χ4n) is 4.04. The first-order valence-electron chi connectivity index (χ1n) is 9.94. The van der Waals surface area contributed by atoms with Gasteiger partial charge in [-0.25, -0.2) is 17.2 Å². The molecule has 2 atom stereocenters. The van der Waals surface area contributed by atoms with Gasteiger partial charge in [-0.2, -0.15) is 0 Å². The third-order valence-electron chi connectivity index (χ3n) is 5.52. The van der Waals surface area contributed by atoms with Crippen LogP contribution in [0.3, 0.4) is 0 Å². The molecule has 0 amide bonds. The van der Waals surface area contributed by atoms with E-state index in [1.807, 2.05) is 12.1 Å². The van der Waals surface area contributed by atoms with Gasteiger partial charge in [0.05, 0.1) is 5.75 Å². The number of fused-ring (bicyclic) bond motifs is 1. The molecule has 1 fully saturated rings. The molecular formula is C22H24F2N2O3S. The normalized spacial score (nSPS) is 23.5. The molecular weight excluding hydrogens is 410 g/mol. The topological polar surface area (TPSA) is 59.0 Å². The highest BCUT2D eigenvalue weighted by Gasteiger charge is 2.36.